The third-order valence-corrected chi connectivity index (χ3v) is 3.26. The third kappa shape index (κ3) is 4.78. The van der Waals surface area contributed by atoms with Gasteiger partial charge in [-0.25, -0.2) is 4.39 Å². The van der Waals surface area contributed by atoms with Crippen LogP contribution in [0.25, 0.3) is 0 Å². The lowest BCUT2D eigenvalue weighted by Crippen LogP contribution is -2.23. The third-order valence-electron chi connectivity index (χ3n) is 3.26. The van der Waals surface area contributed by atoms with Crippen molar-refractivity contribution >= 4 is 24.0 Å². The number of anilines is 1. The van der Waals surface area contributed by atoms with Gasteiger partial charge in [-0.3, -0.25) is 4.79 Å². The van der Waals surface area contributed by atoms with Gasteiger partial charge in [-0.1, -0.05) is 0 Å². The van der Waals surface area contributed by atoms with Gasteiger partial charge in [0.25, 0.3) is 0 Å². The Morgan fingerprint density at radius 3 is 2.67 bits per heavy atom. The van der Waals surface area contributed by atoms with Crippen LogP contribution >= 0.6 is 12.4 Å². The lowest BCUT2D eigenvalue weighted by Gasteiger charge is -2.14. The molecule has 1 aliphatic carbocycles. The Morgan fingerprint density at radius 1 is 1.38 bits per heavy atom. The predicted molar refractivity (Wildman–Crippen MR) is 74.2 cm³/mol. The van der Waals surface area contributed by atoms with Gasteiger partial charge in [0.1, 0.15) is 5.82 Å². The molecule has 0 aromatic heterocycles. The number of amides is 1. The Hall–Kier alpha value is -1.47. The molecule has 1 aromatic carbocycles. The van der Waals surface area contributed by atoms with Crippen molar-refractivity contribution in [1.82, 2.24) is 0 Å². The average molecular weight is 325 g/mol. The zero-order chi connectivity index (χ0) is 14.7. The van der Waals surface area contributed by atoms with E-state index >= 15 is 0 Å². The highest BCUT2D eigenvalue weighted by Crippen LogP contribution is 2.30. The van der Waals surface area contributed by atoms with E-state index in [1.54, 1.807) is 0 Å². The first-order valence-corrected chi connectivity index (χ1v) is 6.26. The molecule has 0 radical (unpaired) electrons. The second-order valence-electron chi connectivity index (χ2n) is 4.78. The molecule has 0 saturated heterocycles. The molecule has 1 aliphatic rings. The molecule has 4 nitrogen and oxygen atoms in total. The van der Waals surface area contributed by atoms with Crippen molar-refractivity contribution in [1.29, 1.82) is 0 Å². The topological polar surface area (TPSA) is 64.4 Å². The summed E-state index contributed by atoms with van der Waals surface area (Å²) < 4.78 is 41.7. The van der Waals surface area contributed by atoms with Crippen LogP contribution < -0.4 is 15.8 Å². The fourth-order valence-electron chi connectivity index (χ4n) is 2.28. The van der Waals surface area contributed by atoms with Crippen molar-refractivity contribution in [3.8, 4) is 5.75 Å². The Bertz CT molecular complexity index is 502. The van der Waals surface area contributed by atoms with E-state index in [0.717, 1.165) is 18.6 Å². The van der Waals surface area contributed by atoms with Crippen molar-refractivity contribution in [2.45, 2.75) is 31.9 Å². The van der Waals surface area contributed by atoms with Gasteiger partial charge >= 0.3 is 6.61 Å². The predicted octanol–water partition coefficient (Wildman–Crippen LogP) is 2.91. The highest BCUT2D eigenvalue weighted by molar-refractivity contribution is 5.94. The van der Waals surface area contributed by atoms with Crippen molar-refractivity contribution < 1.29 is 22.7 Å². The minimum atomic E-state index is -3.09. The molecule has 1 aromatic rings. The maximum Gasteiger partial charge on any atom is 0.387 e. The normalized spacial score (nSPS) is 21.0. The summed E-state index contributed by atoms with van der Waals surface area (Å²) in [7, 11) is 0. The summed E-state index contributed by atoms with van der Waals surface area (Å²) in [5, 5.41) is 2.49. The van der Waals surface area contributed by atoms with Crippen molar-refractivity contribution in [3.05, 3.63) is 24.0 Å². The average Bonchev–Trinajstić information content (AvgIpc) is 2.78. The largest absolute Gasteiger partial charge is 0.432 e. The number of benzene rings is 1. The monoisotopic (exact) mass is 324 g/mol. The van der Waals surface area contributed by atoms with Crippen LogP contribution in [0.2, 0.25) is 0 Å². The molecule has 1 amide bonds. The minimum absolute atomic E-state index is 0. The number of alkyl halides is 2. The lowest BCUT2D eigenvalue weighted by atomic mass is 10.1. The fourth-order valence-corrected chi connectivity index (χ4v) is 2.28. The number of nitrogens with one attached hydrogen (secondary N) is 1. The van der Waals surface area contributed by atoms with E-state index in [1.807, 2.05) is 0 Å². The lowest BCUT2D eigenvalue weighted by molar-refractivity contribution is -0.119. The Morgan fingerprint density at radius 2 is 2.10 bits per heavy atom. The fraction of sp³-hybridized carbons (Fsp3) is 0.462. The summed E-state index contributed by atoms with van der Waals surface area (Å²) >= 11 is 0. The number of hydrogen-bond donors (Lipinski definition) is 2. The summed E-state index contributed by atoms with van der Waals surface area (Å²) in [5.74, 6) is -1.68. The van der Waals surface area contributed by atoms with Crippen molar-refractivity contribution in [2.24, 2.45) is 11.7 Å². The number of hydrogen-bond acceptors (Lipinski definition) is 3. The highest BCUT2D eigenvalue weighted by atomic mass is 35.5. The van der Waals surface area contributed by atoms with E-state index in [2.05, 4.69) is 10.1 Å². The Kier molecular flexibility index (Phi) is 6.29. The van der Waals surface area contributed by atoms with E-state index < -0.39 is 18.2 Å². The van der Waals surface area contributed by atoms with E-state index in [0.29, 0.717) is 12.8 Å². The van der Waals surface area contributed by atoms with Crippen LogP contribution in [0.3, 0.4) is 0 Å². The smallest absolute Gasteiger partial charge is 0.387 e. The molecular formula is C13H16ClF3N2O2. The van der Waals surface area contributed by atoms with Gasteiger partial charge in [0.15, 0.2) is 5.75 Å². The molecule has 1 saturated carbocycles. The number of carbonyl (C=O) groups is 1. The minimum Gasteiger partial charge on any atom is -0.432 e. The zero-order valence-corrected chi connectivity index (χ0v) is 11.8. The van der Waals surface area contributed by atoms with Crippen LogP contribution in [0.4, 0.5) is 18.9 Å². The molecule has 2 unspecified atom stereocenters. The molecule has 118 valence electrons. The zero-order valence-electron chi connectivity index (χ0n) is 11.0. The molecule has 3 N–H and O–H groups in total. The second kappa shape index (κ2) is 7.51. The molecule has 1 fully saturated rings. The summed E-state index contributed by atoms with van der Waals surface area (Å²) in [6, 6.07) is 3.05. The molecular weight excluding hydrogens is 309 g/mol. The number of ether oxygens (including phenoxy) is 1. The number of halogens is 4. The summed E-state index contributed by atoms with van der Waals surface area (Å²) in [4.78, 5) is 12.0. The van der Waals surface area contributed by atoms with Gasteiger partial charge in [0, 0.05) is 18.0 Å². The van der Waals surface area contributed by atoms with Gasteiger partial charge in [0.2, 0.25) is 5.91 Å². The van der Waals surface area contributed by atoms with E-state index in [4.69, 9.17) is 5.73 Å². The van der Waals surface area contributed by atoms with Crippen molar-refractivity contribution in [2.75, 3.05) is 5.32 Å². The van der Waals surface area contributed by atoms with Crippen LogP contribution in [0.1, 0.15) is 19.3 Å². The van der Waals surface area contributed by atoms with Crippen LogP contribution in [0, 0.1) is 11.7 Å². The van der Waals surface area contributed by atoms with E-state index in [9.17, 15) is 18.0 Å². The first kappa shape index (κ1) is 17.6. The molecule has 0 heterocycles. The maximum atomic E-state index is 13.0. The molecule has 21 heavy (non-hydrogen) atoms. The quantitative estimate of drug-likeness (QED) is 0.895. The number of carbonyl (C=O) groups excluding carboxylic acids is 1. The van der Waals surface area contributed by atoms with Gasteiger partial charge in [0.05, 0.1) is 5.69 Å². The first-order chi connectivity index (χ1) is 9.45. The van der Waals surface area contributed by atoms with Gasteiger partial charge in [-0.05, 0) is 31.4 Å². The van der Waals surface area contributed by atoms with Crippen molar-refractivity contribution in [3.63, 3.8) is 0 Å². The van der Waals surface area contributed by atoms with E-state index in [1.165, 1.54) is 6.07 Å². The van der Waals surface area contributed by atoms with Crippen LogP contribution in [-0.2, 0) is 4.79 Å². The number of nitrogens with two attached hydrogens (primary N) is 1. The molecule has 2 rings (SSSR count). The van der Waals surface area contributed by atoms with Crippen LogP contribution in [0.15, 0.2) is 18.2 Å². The van der Waals surface area contributed by atoms with Crippen LogP contribution in [0.5, 0.6) is 5.75 Å². The van der Waals surface area contributed by atoms with Gasteiger partial charge in [-0.15, -0.1) is 12.4 Å². The molecule has 2 atom stereocenters. The molecule has 8 heteroatoms. The van der Waals surface area contributed by atoms with Gasteiger partial charge in [-0.2, -0.15) is 8.78 Å². The number of rotatable bonds is 4. The molecule has 0 aliphatic heterocycles. The standard InChI is InChI=1S/C13H15F3N2O2.ClH/c14-8-2-4-10(11(6-8)20-13(15)16)18-12(19)7-1-3-9(17)5-7;/h2,4,6-7,9,13H,1,3,5,17H2,(H,18,19);1H. The SMILES string of the molecule is Cl.NC1CCC(C(=O)Nc2ccc(F)cc2OC(F)F)C1. The van der Waals surface area contributed by atoms with E-state index in [-0.39, 0.29) is 36.0 Å². The summed E-state index contributed by atoms with van der Waals surface area (Å²) in [6.07, 6.45) is 1.96. The maximum absolute atomic E-state index is 13.0. The molecule has 0 bridgehead atoms. The summed E-state index contributed by atoms with van der Waals surface area (Å²) in [6.45, 7) is -3.09. The Balaban J connectivity index is 0.00000220. The van der Waals surface area contributed by atoms with Crippen LogP contribution in [-0.4, -0.2) is 18.6 Å². The summed E-state index contributed by atoms with van der Waals surface area (Å²) in [5.41, 5.74) is 5.74. The Labute approximate surface area is 126 Å². The second-order valence-corrected chi connectivity index (χ2v) is 4.78. The highest BCUT2D eigenvalue weighted by Gasteiger charge is 2.28. The van der Waals surface area contributed by atoms with Gasteiger partial charge < -0.3 is 15.8 Å². The first-order valence-electron chi connectivity index (χ1n) is 6.26. The molecule has 0 spiro atoms.